The van der Waals surface area contributed by atoms with Gasteiger partial charge in [-0.25, -0.2) is 9.97 Å². The summed E-state index contributed by atoms with van der Waals surface area (Å²) in [4.78, 5) is 25.6. The Hall–Kier alpha value is -3.56. The molecular formula is C31H32N4O2. The van der Waals surface area contributed by atoms with Crippen LogP contribution in [-0.2, 0) is 21.4 Å². The van der Waals surface area contributed by atoms with Crippen LogP contribution in [0.1, 0.15) is 42.4 Å². The summed E-state index contributed by atoms with van der Waals surface area (Å²) in [7, 11) is 0. The number of fused-ring (bicyclic) bond motifs is 3. The van der Waals surface area contributed by atoms with Crippen LogP contribution in [0.2, 0.25) is 0 Å². The molecule has 2 heterocycles. The number of nitrogens with zero attached hydrogens (tertiary/aromatic N) is 4. The minimum Gasteiger partial charge on any atom is -0.378 e. The molecule has 1 saturated carbocycles. The van der Waals surface area contributed by atoms with Gasteiger partial charge in [0, 0.05) is 41.2 Å². The van der Waals surface area contributed by atoms with Crippen molar-refractivity contribution >= 4 is 11.5 Å². The smallest absolute Gasteiger partial charge is 0.153 e. The Labute approximate surface area is 218 Å². The molecule has 6 heteroatoms. The molecule has 1 aliphatic heterocycles. The van der Waals surface area contributed by atoms with E-state index >= 15 is 0 Å². The van der Waals surface area contributed by atoms with Crippen LogP contribution in [0.4, 0.5) is 5.69 Å². The van der Waals surface area contributed by atoms with Gasteiger partial charge < -0.3 is 9.64 Å². The molecule has 0 bridgehead atoms. The number of nitriles is 1. The lowest BCUT2D eigenvalue weighted by Gasteiger charge is -2.51. The minimum absolute atomic E-state index is 0.0761. The third-order valence-electron chi connectivity index (χ3n) is 8.76. The van der Waals surface area contributed by atoms with Crippen molar-refractivity contribution in [2.75, 3.05) is 31.2 Å². The van der Waals surface area contributed by atoms with Gasteiger partial charge in [0.2, 0.25) is 0 Å². The zero-order valence-electron chi connectivity index (χ0n) is 21.5. The lowest BCUT2D eigenvalue weighted by molar-refractivity contribution is -0.131. The number of morpholine rings is 1. The number of carbonyl (C=O) groups excluding carboxylic acids is 1. The van der Waals surface area contributed by atoms with Crippen molar-refractivity contribution < 1.29 is 9.53 Å². The van der Waals surface area contributed by atoms with Gasteiger partial charge in [-0.3, -0.25) is 4.79 Å². The van der Waals surface area contributed by atoms with E-state index in [1.54, 1.807) is 0 Å². The van der Waals surface area contributed by atoms with Gasteiger partial charge in [-0.1, -0.05) is 49.4 Å². The van der Waals surface area contributed by atoms with Gasteiger partial charge in [0.15, 0.2) is 5.78 Å². The number of ketones is 1. The first-order chi connectivity index (χ1) is 18.0. The van der Waals surface area contributed by atoms with Gasteiger partial charge in [-0.2, -0.15) is 5.26 Å². The van der Waals surface area contributed by atoms with E-state index in [1.165, 1.54) is 5.69 Å². The van der Waals surface area contributed by atoms with Crippen molar-refractivity contribution in [3.63, 3.8) is 0 Å². The van der Waals surface area contributed by atoms with Gasteiger partial charge in [-0.15, -0.1) is 0 Å². The number of aromatic nitrogens is 2. The zero-order chi connectivity index (χ0) is 25.6. The molecular weight excluding hydrogens is 460 g/mol. The van der Waals surface area contributed by atoms with E-state index < -0.39 is 11.3 Å². The maximum Gasteiger partial charge on any atom is 0.153 e. The summed E-state index contributed by atoms with van der Waals surface area (Å²) >= 11 is 0. The molecule has 188 valence electrons. The van der Waals surface area contributed by atoms with Crippen LogP contribution in [-0.4, -0.2) is 42.1 Å². The average molecular weight is 493 g/mol. The molecule has 6 nitrogen and oxygen atoms in total. The van der Waals surface area contributed by atoms with Crippen LogP contribution in [0, 0.1) is 36.0 Å². The molecule has 0 radical (unpaired) electrons. The predicted molar refractivity (Wildman–Crippen MR) is 142 cm³/mol. The quantitative estimate of drug-likeness (QED) is 0.518. The number of Topliss-reactive ketones (excluding diaryl/α,β-unsaturated/α-hetero) is 1. The van der Waals surface area contributed by atoms with Gasteiger partial charge in [0.05, 0.1) is 30.7 Å². The summed E-state index contributed by atoms with van der Waals surface area (Å²) in [5.74, 6) is 0.0693. The topological polar surface area (TPSA) is 79.1 Å². The number of benzene rings is 2. The molecule has 4 atom stereocenters. The molecule has 0 N–H and O–H groups in total. The number of ether oxygens (including phenoxy) is 1. The molecule has 1 unspecified atom stereocenters. The van der Waals surface area contributed by atoms with E-state index in [-0.39, 0.29) is 17.6 Å². The molecule has 2 aromatic carbocycles. The van der Waals surface area contributed by atoms with E-state index in [9.17, 15) is 10.1 Å². The van der Waals surface area contributed by atoms with Crippen molar-refractivity contribution in [3.8, 4) is 17.3 Å². The second-order valence-corrected chi connectivity index (χ2v) is 10.7. The van der Waals surface area contributed by atoms with E-state index in [0.717, 1.165) is 73.0 Å². The number of hydrogen-bond acceptors (Lipinski definition) is 6. The van der Waals surface area contributed by atoms with Crippen molar-refractivity contribution in [2.45, 2.75) is 38.5 Å². The molecule has 37 heavy (non-hydrogen) atoms. The lowest BCUT2D eigenvalue weighted by atomic mass is 9.50. The highest BCUT2D eigenvalue weighted by Crippen LogP contribution is 2.56. The zero-order valence-corrected chi connectivity index (χ0v) is 21.5. The van der Waals surface area contributed by atoms with Gasteiger partial charge in [-0.05, 0) is 49.8 Å². The Bertz CT molecular complexity index is 1360. The van der Waals surface area contributed by atoms with Crippen LogP contribution in [0.5, 0.6) is 0 Å². The lowest BCUT2D eigenvalue weighted by Crippen LogP contribution is -2.53. The molecule has 6 rings (SSSR count). The van der Waals surface area contributed by atoms with Gasteiger partial charge >= 0.3 is 0 Å². The monoisotopic (exact) mass is 492 g/mol. The summed E-state index contributed by atoms with van der Waals surface area (Å²) < 4.78 is 5.51. The van der Waals surface area contributed by atoms with Crippen LogP contribution < -0.4 is 4.90 Å². The van der Waals surface area contributed by atoms with Crippen molar-refractivity contribution in [3.05, 3.63) is 77.2 Å². The number of rotatable bonds is 3. The molecule has 1 aromatic heterocycles. The van der Waals surface area contributed by atoms with Crippen molar-refractivity contribution in [2.24, 2.45) is 17.8 Å². The highest BCUT2D eigenvalue weighted by molar-refractivity contribution is 5.87. The Balaban J connectivity index is 1.51. The SMILES string of the molecule is Cc1nc(-c2ccc(N3CCOCC3)cc2)c2c(n1)[C@@]1(c3ccccc3)CC(C#N)C(=O)[C@@H](C)[C@@H]1CC2. The van der Waals surface area contributed by atoms with E-state index in [2.05, 4.69) is 59.5 Å². The Kier molecular flexibility index (Phi) is 6.04. The molecule has 0 spiro atoms. The molecule has 3 aromatic rings. The van der Waals surface area contributed by atoms with Crippen LogP contribution in [0.15, 0.2) is 54.6 Å². The van der Waals surface area contributed by atoms with Crippen molar-refractivity contribution in [1.29, 1.82) is 5.26 Å². The first-order valence-electron chi connectivity index (χ1n) is 13.3. The second-order valence-electron chi connectivity index (χ2n) is 10.7. The van der Waals surface area contributed by atoms with Crippen LogP contribution in [0.25, 0.3) is 11.3 Å². The molecule has 2 fully saturated rings. The third-order valence-corrected chi connectivity index (χ3v) is 8.76. The highest BCUT2D eigenvalue weighted by Gasteiger charge is 2.56. The Morgan fingerprint density at radius 2 is 1.78 bits per heavy atom. The Morgan fingerprint density at radius 1 is 1.05 bits per heavy atom. The van der Waals surface area contributed by atoms with Crippen LogP contribution >= 0.6 is 0 Å². The fourth-order valence-electron chi connectivity index (χ4n) is 6.99. The summed E-state index contributed by atoms with van der Waals surface area (Å²) in [5, 5.41) is 9.98. The predicted octanol–water partition coefficient (Wildman–Crippen LogP) is 4.89. The van der Waals surface area contributed by atoms with E-state index in [0.29, 0.717) is 6.42 Å². The normalized spacial score (nSPS) is 27.2. The van der Waals surface area contributed by atoms with Gasteiger partial charge in [0.25, 0.3) is 0 Å². The van der Waals surface area contributed by atoms with Gasteiger partial charge in [0.1, 0.15) is 11.7 Å². The number of carbonyl (C=O) groups is 1. The molecule has 1 saturated heterocycles. The standard InChI is InChI=1S/C31H32N4O2/c1-20-27-13-12-26-28(22-8-10-25(11-9-22)35-14-16-37-17-15-35)33-21(2)34-30(26)31(27,18-23(19-32)29(20)36)24-6-4-3-5-7-24/h3-11,20,23,27H,12-18H2,1-2H3/t20-,23?,27-,31+/m0/s1. The number of anilines is 1. The van der Waals surface area contributed by atoms with E-state index in [1.807, 2.05) is 19.9 Å². The minimum atomic E-state index is -0.635. The first-order valence-corrected chi connectivity index (χ1v) is 13.3. The highest BCUT2D eigenvalue weighted by atomic mass is 16.5. The Morgan fingerprint density at radius 3 is 2.49 bits per heavy atom. The number of aryl methyl sites for hydroxylation is 1. The molecule has 2 aliphatic carbocycles. The summed E-state index contributed by atoms with van der Waals surface area (Å²) in [5.41, 5.74) is 6.08. The largest absolute Gasteiger partial charge is 0.378 e. The molecule has 3 aliphatic rings. The fraction of sp³-hybridized carbons (Fsp3) is 0.419. The summed E-state index contributed by atoms with van der Waals surface area (Å²) in [6.45, 7) is 7.28. The first kappa shape index (κ1) is 23.8. The maximum atomic E-state index is 13.1. The summed E-state index contributed by atoms with van der Waals surface area (Å²) in [6.07, 6.45) is 2.17. The summed E-state index contributed by atoms with van der Waals surface area (Å²) in [6, 6.07) is 21.4. The maximum absolute atomic E-state index is 13.1. The fourth-order valence-corrected chi connectivity index (χ4v) is 6.99. The van der Waals surface area contributed by atoms with Crippen molar-refractivity contribution in [1.82, 2.24) is 9.97 Å². The second kappa shape index (κ2) is 9.39. The molecule has 0 amide bonds. The number of hydrogen-bond donors (Lipinski definition) is 0. The average Bonchev–Trinajstić information content (AvgIpc) is 2.95. The van der Waals surface area contributed by atoms with Crippen LogP contribution in [0.3, 0.4) is 0 Å². The third kappa shape index (κ3) is 3.84. The van der Waals surface area contributed by atoms with E-state index in [4.69, 9.17) is 14.7 Å².